The first-order valence-electron chi connectivity index (χ1n) is 5.59. The van der Waals surface area contributed by atoms with Gasteiger partial charge in [-0.25, -0.2) is 0 Å². The second-order valence-electron chi connectivity index (χ2n) is 4.58. The summed E-state index contributed by atoms with van der Waals surface area (Å²) in [5.74, 6) is 1.01. The third-order valence-electron chi connectivity index (χ3n) is 3.46. The minimum atomic E-state index is -0.0165. The van der Waals surface area contributed by atoms with E-state index in [1.54, 1.807) is 0 Å². The molecule has 0 fully saturated rings. The Hall–Kier alpha value is -1.09. The second kappa shape index (κ2) is 3.81. The molecule has 0 aliphatic heterocycles. The molecule has 2 unspecified atom stereocenters. The van der Waals surface area contributed by atoms with Gasteiger partial charge in [0, 0.05) is 17.8 Å². The van der Waals surface area contributed by atoms with Crippen molar-refractivity contribution in [2.75, 3.05) is 0 Å². The van der Waals surface area contributed by atoms with Crippen LogP contribution >= 0.6 is 0 Å². The number of fused-ring (bicyclic) bond motifs is 1. The molecule has 3 heteroatoms. The Kier molecular flexibility index (Phi) is 2.65. The van der Waals surface area contributed by atoms with Crippen molar-refractivity contribution >= 4 is 0 Å². The molecule has 2 atom stereocenters. The van der Waals surface area contributed by atoms with E-state index in [-0.39, 0.29) is 5.56 Å². The van der Waals surface area contributed by atoms with Crippen LogP contribution < -0.4 is 11.3 Å². The highest BCUT2D eigenvalue weighted by molar-refractivity contribution is 5.32. The van der Waals surface area contributed by atoms with Crippen molar-refractivity contribution in [3.63, 3.8) is 0 Å². The van der Waals surface area contributed by atoms with Crippen molar-refractivity contribution in [1.82, 2.24) is 4.98 Å². The van der Waals surface area contributed by atoms with Crippen molar-refractivity contribution in [2.24, 2.45) is 5.73 Å². The van der Waals surface area contributed by atoms with Gasteiger partial charge in [-0.2, -0.15) is 0 Å². The lowest BCUT2D eigenvalue weighted by Crippen LogP contribution is -2.23. The molecule has 0 radical (unpaired) electrons. The average Bonchev–Trinajstić information content (AvgIpc) is 2.23. The predicted molar refractivity (Wildman–Crippen MR) is 61.0 cm³/mol. The Balaban J connectivity index is 2.59. The zero-order valence-electron chi connectivity index (χ0n) is 9.34. The van der Waals surface area contributed by atoms with E-state index in [4.69, 9.17) is 5.73 Å². The maximum absolute atomic E-state index is 11.6. The highest BCUT2D eigenvalue weighted by Gasteiger charge is 2.23. The smallest absolute Gasteiger partial charge is 0.252 e. The van der Waals surface area contributed by atoms with Gasteiger partial charge in [0.05, 0.1) is 0 Å². The highest BCUT2D eigenvalue weighted by Crippen LogP contribution is 2.36. The van der Waals surface area contributed by atoms with Crippen LogP contribution in [0.2, 0.25) is 0 Å². The maximum atomic E-state index is 11.6. The van der Waals surface area contributed by atoms with Crippen molar-refractivity contribution in [2.45, 2.75) is 45.1 Å². The molecule has 0 saturated carbocycles. The van der Waals surface area contributed by atoms with Crippen LogP contribution in [0.3, 0.4) is 0 Å². The number of pyridine rings is 1. The molecule has 0 bridgehead atoms. The average molecular weight is 206 g/mol. The van der Waals surface area contributed by atoms with Gasteiger partial charge in [-0.1, -0.05) is 13.8 Å². The second-order valence-corrected chi connectivity index (χ2v) is 4.58. The molecule has 0 spiro atoms. The molecule has 1 aromatic rings. The van der Waals surface area contributed by atoms with Crippen molar-refractivity contribution < 1.29 is 0 Å². The van der Waals surface area contributed by atoms with Gasteiger partial charge < -0.3 is 10.7 Å². The Morgan fingerprint density at radius 2 is 2.07 bits per heavy atom. The van der Waals surface area contributed by atoms with Crippen LogP contribution in [0.5, 0.6) is 0 Å². The molecule has 0 saturated heterocycles. The molecule has 82 valence electrons. The molecular weight excluding hydrogens is 188 g/mol. The number of hydrogen-bond acceptors (Lipinski definition) is 2. The van der Waals surface area contributed by atoms with Crippen LogP contribution in [0.1, 0.15) is 55.3 Å². The van der Waals surface area contributed by atoms with Gasteiger partial charge in [0.2, 0.25) is 0 Å². The van der Waals surface area contributed by atoms with Crippen molar-refractivity contribution in [3.05, 3.63) is 33.2 Å². The molecule has 0 aromatic carbocycles. The maximum Gasteiger partial charge on any atom is 0.252 e. The summed E-state index contributed by atoms with van der Waals surface area (Å²) in [6.45, 7) is 4.70. The van der Waals surface area contributed by atoms with E-state index in [0.717, 1.165) is 12.1 Å². The van der Waals surface area contributed by atoms with Crippen LogP contribution in [-0.4, -0.2) is 4.98 Å². The number of nitrogens with two attached hydrogens (primary N) is 1. The SMILES string of the molecule is CC1CCC(C)c2[nH]c(=O)c(CN)cc21. The Labute approximate surface area is 89.7 Å². The van der Waals surface area contributed by atoms with Gasteiger partial charge in [0.1, 0.15) is 0 Å². The summed E-state index contributed by atoms with van der Waals surface area (Å²) in [5.41, 5.74) is 8.64. The Bertz CT molecular complexity index is 422. The molecule has 15 heavy (non-hydrogen) atoms. The summed E-state index contributed by atoms with van der Waals surface area (Å²) in [4.78, 5) is 14.6. The number of aromatic amines is 1. The molecule has 2 rings (SSSR count). The van der Waals surface area contributed by atoms with Crippen LogP contribution in [0.4, 0.5) is 0 Å². The van der Waals surface area contributed by atoms with Crippen LogP contribution in [0, 0.1) is 0 Å². The van der Waals surface area contributed by atoms with E-state index in [1.807, 2.05) is 6.07 Å². The third kappa shape index (κ3) is 1.72. The standard InChI is InChI=1S/C12H18N2O/c1-7-3-4-8(2)11-10(7)5-9(6-13)12(15)14-11/h5,7-8H,3-4,6,13H2,1-2H3,(H,14,15). The lowest BCUT2D eigenvalue weighted by atomic mass is 9.81. The summed E-state index contributed by atoms with van der Waals surface area (Å²) in [7, 11) is 0. The minimum Gasteiger partial charge on any atom is -0.326 e. The van der Waals surface area contributed by atoms with Crippen LogP contribution in [-0.2, 0) is 6.54 Å². The largest absolute Gasteiger partial charge is 0.326 e. The van der Waals surface area contributed by atoms with Crippen molar-refractivity contribution in [1.29, 1.82) is 0 Å². The highest BCUT2D eigenvalue weighted by atomic mass is 16.1. The zero-order valence-corrected chi connectivity index (χ0v) is 9.34. The van der Waals surface area contributed by atoms with E-state index in [9.17, 15) is 4.79 Å². The first-order chi connectivity index (χ1) is 7.13. The van der Waals surface area contributed by atoms with Gasteiger partial charge in [0.15, 0.2) is 0 Å². The molecule has 0 amide bonds. The molecule has 3 N–H and O–H groups in total. The quantitative estimate of drug-likeness (QED) is 0.736. The van der Waals surface area contributed by atoms with Gasteiger partial charge in [-0.3, -0.25) is 4.79 Å². The monoisotopic (exact) mass is 206 g/mol. The molecule has 1 aliphatic rings. The summed E-state index contributed by atoms with van der Waals surface area (Å²) < 4.78 is 0. The fourth-order valence-corrected chi connectivity index (χ4v) is 2.37. The van der Waals surface area contributed by atoms with Crippen molar-refractivity contribution in [3.8, 4) is 0 Å². The summed E-state index contributed by atoms with van der Waals surface area (Å²) in [5, 5.41) is 0. The first kappa shape index (κ1) is 10.4. The van der Waals surface area contributed by atoms with E-state index in [0.29, 0.717) is 23.9 Å². The summed E-state index contributed by atoms with van der Waals surface area (Å²) >= 11 is 0. The van der Waals surface area contributed by atoms with E-state index in [1.165, 1.54) is 12.0 Å². The first-order valence-corrected chi connectivity index (χ1v) is 5.59. The van der Waals surface area contributed by atoms with E-state index in [2.05, 4.69) is 18.8 Å². The molecule has 3 nitrogen and oxygen atoms in total. The number of rotatable bonds is 1. The normalized spacial score (nSPS) is 25.0. The lowest BCUT2D eigenvalue weighted by molar-refractivity contribution is 0.512. The van der Waals surface area contributed by atoms with Gasteiger partial charge in [0.25, 0.3) is 5.56 Å². The number of aromatic nitrogens is 1. The third-order valence-corrected chi connectivity index (χ3v) is 3.46. The van der Waals surface area contributed by atoms with Gasteiger partial charge in [-0.15, -0.1) is 0 Å². The lowest BCUT2D eigenvalue weighted by Gasteiger charge is -2.27. The summed E-state index contributed by atoms with van der Waals surface area (Å²) in [6.07, 6.45) is 2.36. The Morgan fingerprint density at radius 1 is 1.40 bits per heavy atom. The fourth-order valence-electron chi connectivity index (χ4n) is 2.37. The number of hydrogen-bond donors (Lipinski definition) is 2. The van der Waals surface area contributed by atoms with Gasteiger partial charge >= 0.3 is 0 Å². The molecule has 1 aliphatic carbocycles. The Morgan fingerprint density at radius 3 is 2.73 bits per heavy atom. The fraction of sp³-hybridized carbons (Fsp3) is 0.583. The number of nitrogens with one attached hydrogen (secondary N) is 1. The predicted octanol–water partition coefficient (Wildman–Crippen LogP) is 1.83. The molecule has 1 aromatic heterocycles. The van der Waals surface area contributed by atoms with E-state index < -0.39 is 0 Å². The minimum absolute atomic E-state index is 0.0165. The number of H-pyrrole nitrogens is 1. The van der Waals surface area contributed by atoms with E-state index >= 15 is 0 Å². The molecular formula is C12H18N2O. The topological polar surface area (TPSA) is 58.9 Å². The van der Waals surface area contributed by atoms with Gasteiger partial charge in [-0.05, 0) is 36.3 Å². The zero-order chi connectivity index (χ0) is 11.0. The molecule has 1 heterocycles. The van der Waals surface area contributed by atoms with Crippen LogP contribution in [0.25, 0.3) is 0 Å². The summed E-state index contributed by atoms with van der Waals surface area (Å²) in [6, 6.07) is 1.99. The van der Waals surface area contributed by atoms with Crippen LogP contribution in [0.15, 0.2) is 10.9 Å².